The molecule has 0 fully saturated rings. The highest BCUT2D eigenvalue weighted by molar-refractivity contribution is 5.99. The number of ether oxygens (including phenoxy) is 1. The van der Waals surface area contributed by atoms with Gasteiger partial charge >= 0.3 is 12.1 Å². The Bertz CT molecular complexity index is 1030. The van der Waals surface area contributed by atoms with Crippen LogP contribution in [-0.4, -0.2) is 28.8 Å². The van der Waals surface area contributed by atoms with Crippen molar-refractivity contribution in [2.75, 3.05) is 11.9 Å². The molecule has 166 valence electrons. The van der Waals surface area contributed by atoms with Crippen LogP contribution in [0.2, 0.25) is 0 Å². The van der Waals surface area contributed by atoms with Crippen LogP contribution in [0.3, 0.4) is 0 Å². The second-order valence-corrected chi connectivity index (χ2v) is 7.75. The Balaban J connectivity index is 1.95. The molecule has 7 nitrogen and oxygen atoms in total. The topological polar surface area (TPSA) is 94.5 Å². The minimum atomic E-state index is -4.67. The zero-order valence-corrected chi connectivity index (χ0v) is 17.1. The van der Waals surface area contributed by atoms with Gasteiger partial charge < -0.3 is 14.6 Å². The van der Waals surface area contributed by atoms with Crippen molar-refractivity contribution in [2.45, 2.75) is 33.5 Å². The molecule has 2 rings (SSSR count). The number of halogens is 3. The van der Waals surface area contributed by atoms with Gasteiger partial charge in [0.15, 0.2) is 12.4 Å². The number of nitrogens with one attached hydrogen (secondary N) is 1. The summed E-state index contributed by atoms with van der Waals surface area (Å²) in [6, 6.07) is 7.21. The summed E-state index contributed by atoms with van der Waals surface area (Å²) in [6.45, 7) is 3.83. The van der Waals surface area contributed by atoms with E-state index in [0.29, 0.717) is 28.6 Å². The summed E-state index contributed by atoms with van der Waals surface area (Å²) in [5.41, 5.74) is -1.81. The van der Waals surface area contributed by atoms with Gasteiger partial charge in [-0.1, -0.05) is 20.8 Å². The molecular weight excluding hydrogens is 417 g/mol. The Hall–Kier alpha value is -3.43. The molecule has 0 aliphatic rings. The number of hydrogen-bond acceptors (Lipinski definition) is 5. The fourth-order valence-corrected chi connectivity index (χ4v) is 2.29. The second-order valence-electron chi connectivity index (χ2n) is 7.75. The monoisotopic (exact) mass is 438 g/mol. The number of alkyl halides is 3. The molecule has 0 atom stereocenters. The van der Waals surface area contributed by atoms with Crippen molar-refractivity contribution < 1.29 is 32.3 Å². The third kappa shape index (κ3) is 6.80. The number of Topliss-reactive ketones (excluding diaryl/α,β-unsaturated/α-hetero) is 1. The number of hydrogen-bond donors (Lipinski definition) is 1. The summed E-state index contributed by atoms with van der Waals surface area (Å²) >= 11 is 0. The van der Waals surface area contributed by atoms with E-state index in [1.165, 1.54) is 24.3 Å². The number of amides is 1. The van der Waals surface area contributed by atoms with Gasteiger partial charge in [-0.05, 0) is 30.3 Å². The first-order valence-corrected chi connectivity index (χ1v) is 9.15. The molecule has 1 aromatic heterocycles. The number of carbonyl (C=O) groups is 3. The summed E-state index contributed by atoms with van der Waals surface area (Å²) in [6.07, 6.45) is -4.16. The highest BCUT2D eigenvalue weighted by Gasteiger charge is 2.31. The standard InChI is InChI=1S/C21H21F3N2O5/c1-20(2,3)19(30)25-15-7-4-13(5-8-15)16(27)12-31-18(29)11-26-10-14(21(22,23)24)6-9-17(26)28/h4-10H,11-12H2,1-3H3,(H,25,30). The number of ketones is 1. The summed E-state index contributed by atoms with van der Waals surface area (Å²) in [5, 5.41) is 2.70. The maximum Gasteiger partial charge on any atom is 0.417 e. The van der Waals surface area contributed by atoms with Gasteiger partial charge in [0.1, 0.15) is 6.54 Å². The van der Waals surface area contributed by atoms with Crippen molar-refractivity contribution in [3.8, 4) is 0 Å². The first-order chi connectivity index (χ1) is 14.3. The Kier molecular flexibility index (Phi) is 7.04. The molecule has 0 saturated heterocycles. The fraction of sp³-hybridized carbons (Fsp3) is 0.333. The number of aromatic nitrogens is 1. The summed E-state index contributed by atoms with van der Waals surface area (Å²) in [7, 11) is 0. The largest absolute Gasteiger partial charge is 0.456 e. The molecule has 10 heteroatoms. The van der Waals surface area contributed by atoms with E-state index >= 15 is 0 Å². The van der Waals surface area contributed by atoms with E-state index < -0.39 is 47.6 Å². The van der Waals surface area contributed by atoms with Crippen LogP contribution in [0.5, 0.6) is 0 Å². The van der Waals surface area contributed by atoms with Crippen molar-refractivity contribution in [1.29, 1.82) is 0 Å². The smallest absolute Gasteiger partial charge is 0.417 e. The predicted molar refractivity (Wildman–Crippen MR) is 106 cm³/mol. The van der Waals surface area contributed by atoms with Gasteiger partial charge in [0.05, 0.1) is 5.56 Å². The number of rotatable bonds is 6. The van der Waals surface area contributed by atoms with E-state index in [9.17, 15) is 32.3 Å². The average Bonchev–Trinajstić information content (AvgIpc) is 2.66. The number of nitrogens with zero attached hydrogens (tertiary/aromatic N) is 1. The maximum absolute atomic E-state index is 12.7. The lowest BCUT2D eigenvalue weighted by atomic mass is 9.95. The van der Waals surface area contributed by atoms with Crippen LogP contribution in [0.15, 0.2) is 47.4 Å². The maximum atomic E-state index is 12.7. The molecular formula is C21H21F3N2O5. The van der Waals surface area contributed by atoms with Gasteiger partial charge in [0.25, 0.3) is 5.56 Å². The van der Waals surface area contributed by atoms with E-state index in [1.54, 1.807) is 20.8 Å². The molecule has 1 amide bonds. The van der Waals surface area contributed by atoms with Crippen molar-refractivity contribution in [3.05, 3.63) is 64.1 Å². The van der Waals surface area contributed by atoms with Crippen molar-refractivity contribution in [3.63, 3.8) is 0 Å². The first-order valence-electron chi connectivity index (χ1n) is 9.15. The van der Waals surface area contributed by atoms with Crippen LogP contribution in [-0.2, 0) is 27.0 Å². The van der Waals surface area contributed by atoms with Crippen LogP contribution < -0.4 is 10.9 Å². The number of esters is 1. The Labute approximate surface area is 175 Å². The van der Waals surface area contributed by atoms with Crippen LogP contribution in [0, 0.1) is 5.41 Å². The van der Waals surface area contributed by atoms with Crippen molar-refractivity contribution >= 4 is 23.3 Å². The third-order valence-corrected chi connectivity index (χ3v) is 4.12. The molecule has 0 spiro atoms. The first kappa shape index (κ1) is 23.8. The predicted octanol–water partition coefficient (Wildman–Crippen LogP) is 3.28. The summed E-state index contributed by atoms with van der Waals surface area (Å²) in [4.78, 5) is 47.6. The molecule has 0 aliphatic carbocycles. The van der Waals surface area contributed by atoms with E-state index in [4.69, 9.17) is 4.74 Å². The highest BCUT2D eigenvalue weighted by atomic mass is 19.4. The Morgan fingerprint density at radius 1 is 1.00 bits per heavy atom. The van der Waals surface area contributed by atoms with Crippen LogP contribution in [0.1, 0.15) is 36.7 Å². The van der Waals surface area contributed by atoms with Gasteiger partial charge in [-0.25, -0.2) is 0 Å². The van der Waals surface area contributed by atoms with Crippen molar-refractivity contribution in [1.82, 2.24) is 4.57 Å². The van der Waals surface area contributed by atoms with E-state index in [-0.39, 0.29) is 11.5 Å². The minimum Gasteiger partial charge on any atom is -0.456 e. The summed E-state index contributed by atoms with van der Waals surface area (Å²) < 4.78 is 43.5. The molecule has 31 heavy (non-hydrogen) atoms. The lowest BCUT2D eigenvalue weighted by Gasteiger charge is -2.17. The molecule has 0 unspecified atom stereocenters. The third-order valence-electron chi connectivity index (χ3n) is 4.12. The molecule has 1 heterocycles. The van der Waals surface area contributed by atoms with E-state index in [0.717, 1.165) is 0 Å². The minimum absolute atomic E-state index is 0.203. The molecule has 0 bridgehead atoms. The molecule has 1 aromatic carbocycles. The van der Waals surface area contributed by atoms with Crippen molar-refractivity contribution in [2.24, 2.45) is 5.41 Å². The molecule has 0 saturated carbocycles. The van der Waals surface area contributed by atoms with Gasteiger partial charge in [0, 0.05) is 28.9 Å². The molecule has 1 N–H and O–H groups in total. The average molecular weight is 438 g/mol. The molecule has 2 aromatic rings. The van der Waals surface area contributed by atoms with Gasteiger partial charge in [-0.3, -0.25) is 19.2 Å². The summed E-state index contributed by atoms with van der Waals surface area (Å²) in [5.74, 6) is -1.80. The fourth-order valence-electron chi connectivity index (χ4n) is 2.29. The number of anilines is 1. The number of pyridine rings is 1. The number of benzene rings is 1. The highest BCUT2D eigenvalue weighted by Crippen LogP contribution is 2.28. The lowest BCUT2D eigenvalue weighted by Crippen LogP contribution is -2.27. The SMILES string of the molecule is CC(C)(C)C(=O)Nc1ccc(C(=O)COC(=O)Cn2cc(C(F)(F)F)ccc2=O)cc1. The van der Waals surface area contributed by atoms with Gasteiger partial charge in [-0.2, -0.15) is 13.2 Å². The lowest BCUT2D eigenvalue weighted by molar-refractivity contribution is -0.144. The van der Waals surface area contributed by atoms with Gasteiger partial charge in [0.2, 0.25) is 5.91 Å². The second kappa shape index (κ2) is 9.15. The zero-order chi connectivity index (χ0) is 23.4. The number of carbonyl (C=O) groups excluding carboxylic acids is 3. The van der Waals surface area contributed by atoms with E-state index in [1.807, 2.05) is 0 Å². The van der Waals surface area contributed by atoms with Crippen LogP contribution >= 0.6 is 0 Å². The van der Waals surface area contributed by atoms with Crippen LogP contribution in [0.25, 0.3) is 0 Å². The normalized spacial score (nSPS) is 11.7. The van der Waals surface area contributed by atoms with Crippen LogP contribution in [0.4, 0.5) is 18.9 Å². The van der Waals surface area contributed by atoms with Gasteiger partial charge in [-0.15, -0.1) is 0 Å². The Morgan fingerprint density at radius 3 is 2.16 bits per heavy atom. The molecule has 0 aliphatic heterocycles. The molecule has 0 radical (unpaired) electrons. The van der Waals surface area contributed by atoms with E-state index in [2.05, 4.69) is 5.32 Å². The quantitative estimate of drug-likeness (QED) is 0.552. The zero-order valence-electron chi connectivity index (χ0n) is 17.1. The Morgan fingerprint density at radius 2 is 1.61 bits per heavy atom.